The first-order valence-electron chi connectivity index (χ1n) is 7.81. The number of anilines is 1. The highest BCUT2D eigenvalue weighted by Gasteiger charge is 2.15. The van der Waals surface area contributed by atoms with Crippen LogP contribution in [0.1, 0.15) is 12.5 Å². The third kappa shape index (κ3) is 3.06. The van der Waals surface area contributed by atoms with Gasteiger partial charge in [-0.3, -0.25) is 14.3 Å². The highest BCUT2D eigenvalue weighted by Crippen LogP contribution is 2.31. The quantitative estimate of drug-likeness (QED) is 0.700. The van der Waals surface area contributed by atoms with E-state index in [0.717, 1.165) is 17.3 Å². The van der Waals surface area contributed by atoms with Crippen molar-refractivity contribution in [3.8, 4) is 22.3 Å². The van der Waals surface area contributed by atoms with Gasteiger partial charge in [0.2, 0.25) is 0 Å². The number of halogens is 1. The zero-order valence-corrected chi connectivity index (χ0v) is 14.4. The summed E-state index contributed by atoms with van der Waals surface area (Å²) >= 11 is 6.46. The van der Waals surface area contributed by atoms with Crippen LogP contribution in [0.4, 0.5) is 5.82 Å². The van der Waals surface area contributed by atoms with Gasteiger partial charge in [0, 0.05) is 52.4 Å². The van der Waals surface area contributed by atoms with Gasteiger partial charge in [0.25, 0.3) is 5.56 Å². The van der Waals surface area contributed by atoms with E-state index >= 15 is 0 Å². The van der Waals surface area contributed by atoms with Gasteiger partial charge >= 0.3 is 0 Å². The Morgan fingerprint density at radius 2 is 2.04 bits per heavy atom. The number of hydrogen-bond donors (Lipinski definition) is 2. The molecule has 1 aromatic carbocycles. The van der Waals surface area contributed by atoms with Crippen LogP contribution in [0.2, 0.25) is 5.02 Å². The minimum absolute atomic E-state index is 0.221. The molecule has 2 aromatic heterocycles. The van der Waals surface area contributed by atoms with Gasteiger partial charge in [-0.25, -0.2) is 0 Å². The Labute approximate surface area is 150 Å². The lowest BCUT2D eigenvalue weighted by atomic mass is 10.0. The lowest BCUT2D eigenvalue weighted by Crippen LogP contribution is -2.25. The topological polar surface area (TPSA) is 84.8 Å². The van der Waals surface area contributed by atoms with Crippen molar-refractivity contribution in [2.45, 2.75) is 13.5 Å². The van der Waals surface area contributed by atoms with Gasteiger partial charge in [0.15, 0.2) is 0 Å². The van der Waals surface area contributed by atoms with Crippen LogP contribution in [0.15, 0.2) is 53.6 Å². The Morgan fingerprint density at radius 3 is 2.64 bits per heavy atom. The average Bonchev–Trinajstić information content (AvgIpc) is 2.63. The van der Waals surface area contributed by atoms with Gasteiger partial charge in [-0.15, -0.1) is 0 Å². The van der Waals surface area contributed by atoms with E-state index in [1.807, 2.05) is 37.3 Å². The third-order valence-electron chi connectivity index (χ3n) is 4.09. The molecule has 0 fully saturated rings. The molecule has 0 unspecified atom stereocenters. The molecule has 2 heterocycles. The molecule has 3 N–H and O–H groups in total. The molecular weight excluding hydrogens is 336 g/mol. The molecule has 0 spiro atoms. The standard InChI is InChI=1S/C19H17ClN4O/c1-2-24-18(22)14(10-21)8-16(19(24)25)15-6-5-12(9-17(15)20)13-4-3-7-23-11-13/h3-11,21H,2,22H2,1H3. The van der Waals surface area contributed by atoms with Gasteiger partial charge in [-0.2, -0.15) is 0 Å². The number of rotatable bonds is 4. The fraction of sp³-hybridized carbons (Fsp3) is 0.105. The number of pyridine rings is 2. The summed E-state index contributed by atoms with van der Waals surface area (Å²) in [6, 6.07) is 10.9. The summed E-state index contributed by atoms with van der Waals surface area (Å²) in [5, 5.41) is 7.99. The van der Waals surface area contributed by atoms with Crippen molar-refractivity contribution in [2.75, 3.05) is 5.73 Å². The van der Waals surface area contributed by atoms with Crippen LogP contribution in [0, 0.1) is 5.41 Å². The van der Waals surface area contributed by atoms with E-state index in [2.05, 4.69) is 4.98 Å². The maximum Gasteiger partial charge on any atom is 0.260 e. The van der Waals surface area contributed by atoms with E-state index in [1.54, 1.807) is 18.5 Å². The summed E-state index contributed by atoms with van der Waals surface area (Å²) in [7, 11) is 0. The molecule has 0 aliphatic heterocycles. The second kappa shape index (κ2) is 6.91. The first-order chi connectivity index (χ1) is 12.1. The van der Waals surface area contributed by atoms with E-state index < -0.39 is 0 Å². The zero-order chi connectivity index (χ0) is 18.0. The van der Waals surface area contributed by atoms with Crippen molar-refractivity contribution < 1.29 is 0 Å². The van der Waals surface area contributed by atoms with Crippen LogP contribution in [0.3, 0.4) is 0 Å². The van der Waals surface area contributed by atoms with Crippen molar-refractivity contribution in [2.24, 2.45) is 0 Å². The molecule has 0 bridgehead atoms. The molecule has 0 saturated heterocycles. The number of nitrogens with one attached hydrogen (secondary N) is 1. The maximum atomic E-state index is 12.7. The predicted octanol–water partition coefficient (Wildman–Crippen LogP) is 3.83. The van der Waals surface area contributed by atoms with Gasteiger partial charge in [-0.1, -0.05) is 29.8 Å². The SMILES string of the molecule is CCn1c(N)c(C=N)cc(-c2ccc(-c3cccnc3)cc2Cl)c1=O. The summed E-state index contributed by atoms with van der Waals surface area (Å²) in [5.41, 5.74) is 9.14. The largest absolute Gasteiger partial charge is 0.384 e. The van der Waals surface area contributed by atoms with Crippen LogP contribution in [0.5, 0.6) is 0 Å². The molecule has 0 aliphatic carbocycles. The minimum atomic E-state index is -0.221. The highest BCUT2D eigenvalue weighted by molar-refractivity contribution is 6.33. The number of hydrogen-bond acceptors (Lipinski definition) is 4. The molecule has 25 heavy (non-hydrogen) atoms. The molecule has 0 atom stereocenters. The Hall–Kier alpha value is -2.92. The fourth-order valence-corrected chi connectivity index (χ4v) is 3.05. The van der Waals surface area contributed by atoms with Crippen LogP contribution >= 0.6 is 11.6 Å². The number of benzene rings is 1. The zero-order valence-electron chi connectivity index (χ0n) is 13.7. The van der Waals surface area contributed by atoms with E-state index in [1.165, 1.54) is 4.57 Å². The van der Waals surface area contributed by atoms with E-state index in [0.29, 0.717) is 28.3 Å². The highest BCUT2D eigenvalue weighted by atomic mass is 35.5. The van der Waals surface area contributed by atoms with Gasteiger partial charge < -0.3 is 11.1 Å². The van der Waals surface area contributed by atoms with Crippen LogP contribution in [0.25, 0.3) is 22.3 Å². The van der Waals surface area contributed by atoms with E-state index in [9.17, 15) is 4.79 Å². The van der Waals surface area contributed by atoms with Crippen LogP contribution < -0.4 is 11.3 Å². The smallest absolute Gasteiger partial charge is 0.260 e. The summed E-state index contributed by atoms with van der Waals surface area (Å²) in [6.45, 7) is 2.26. The Morgan fingerprint density at radius 1 is 1.24 bits per heavy atom. The van der Waals surface area contributed by atoms with Crippen molar-refractivity contribution in [3.05, 3.63) is 69.7 Å². The van der Waals surface area contributed by atoms with Crippen molar-refractivity contribution in [1.82, 2.24) is 9.55 Å². The lowest BCUT2D eigenvalue weighted by Gasteiger charge is -2.14. The number of nitrogen functional groups attached to an aromatic ring is 1. The predicted molar refractivity (Wildman–Crippen MR) is 102 cm³/mol. The second-order valence-electron chi connectivity index (χ2n) is 5.53. The molecule has 3 rings (SSSR count). The molecule has 3 aromatic rings. The average molecular weight is 353 g/mol. The van der Waals surface area contributed by atoms with Crippen LogP contribution in [-0.4, -0.2) is 15.8 Å². The molecule has 6 heteroatoms. The molecule has 0 radical (unpaired) electrons. The molecule has 0 aliphatic rings. The van der Waals surface area contributed by atoms with Gasteiger partial charge in [-0.05, 0) is 30.7 Å². The number of aromatic nitrogens is 2. The summed E-state index contributed by atoms with van der Waals surface area (Å²) in [6.07, 6.45) is 4.61. The number of nitrogens with zero attached hydrogens (tertiary/aromatic N) is 2. The van der Waals surface area contributed by atoms with Crippen molar-refractivity contribution in [1.29, 1.82) is 5.41 Å². The molecule has 126 valence electrons. The Kier molecular flexibility index (Phi) is 4.67. The normalized spacial score (nSPS) is 10.6. The molecule has 0 amide bonds. The Balaban J connectivity index is 2.18. The Bertz CT molecular complexity index is 996. The summed E-state index contributed by atoms with van der Waals surface area (Å²) in [5.74, 6) is 0.286. The monoisotopic (exact) mass is 352 g/mol. The van der Waals surface area contributed by atoms with E-state index in [4.69, 9.17) is 22.7 Å². The fourth-order valence-electron chi connectivity index (χ4n) is 2.77. The minimum Gasteiger partial charge on any atom is -0.384 e. The molecule has 5 nitrogen and oxygen atoms in total. The molecular formula is C19H17ClN4O. The van der Waals surface area contributed by atoms with Crippen LogP contribution in [-0.2, 0) is 6.54 Å². The van der Waals surface area contributed by atoms with Gasteiger partial charge in [0.05, 0.1) is 0 Å². The lowest BCUT2D eigenvalue weighted by molar-refractivity contribution is 0.740. The van der Waals surface area contributed by atoms with Gasteiger partial charge in [0.1, 0.15) is 5.82 Å². The second-order valence-corrected chi connectivity index (χ2v) is 5.94. The molecule has 0 saturated carbocycles. The van der Waals surface area contributed by atoms with E-state index in [-0.39, 0.29) is 11.4 Å². The maximum absolute atomic E-state index is 12.7. The summed E-state index contributed by atoms with van der Waals surface area (Å²) in [4.78, 5) is 16.8. The summed E-state index contributed by atoms with van der Waals surface area (Å²) < 4.78 is 1.45. The third-order valence-corrected chi connectivity index (χ3v) is 4.40. The number of nitrogens with two attached hydrogens (primary N) is 1. The first-order valence-corrected chi connectivity index (χ1v) is 8.18. The van der Waals surface area contributed by atoms with Crippen molar-refractivity contribution in [3.63, 3.8) is 0 Å². The first kappa shape index (κ1) is 16.9. The van der Waals surface area contributed by atoms with Crippen molar-refractivity contribution >= 4 is 23.6 Å².